The van der Waals surface area contributed by atoms with Crippen molar-refractivity contribution in [2.75, 3.05) is 26.1 Å². The van der Waals surface area contributed by atoms with E-state index in [4.69, 9.17) is 14.2 Å². The van der Waals surface area contributed by atoms with Crippen molar-refractivity contribution in [3.8, 4) is 11.5 Å². The molecule has 0 saturated carbocycles. The van der Waals surface area contributed by atoms with Gasteiger partial charge in [-0.1, -0.05) is 31.2 Å². The number of rotatable bonds is 9. The van der Waals surface area contributed by atoms with Gasteiger partial charge in [-0.3, -0.25) is 0 Å². The van der Waals surface area contributed by atoms with Gasteiger partial charge in [0, 0.05) is 37.0 Å². The van der Waals surface area contributed by atoms with Gasteiger partial charge >= 0.3 is 6.03 Å². The van der Waals surface area contributed by atoms with E-state index in [1.807, 2.05) is 24.3 Å². The number of nitrogens with one attached hydrogen (secondary N) is 2. The summed E-state index contributed by atoms with van der Waals surface area (Å²) in [6.07, 6.45) is 0.979. The Bertz CT molecular complexity index is 696. The molecule has 0 fully saturated rings. The smallest absolute Gasteiger partial charge is 0.319 e. The van der Waals surface area contributed by atoms with Crippen LogP contribution in [0.5, 0.6) is 11.5 Å². The highest BCUT2D eigenvalue weighted by atomic mass is 16.5. The molecule has 26 heavy (non-hydrogen) atoms. The number of ether oxygens (including phenoxy) is 3. The molecule has 0 heterocycles. The minimum atomic E-state index is -0.301. The van der Waals surface area contributed by atoms with Crippen molar-refractivity contribution in [3.05, 3.63) is 53.6 Å². The van der Waals surface area contributed by atoms with E-state index in [0.29, 0.717) is 30.3 Å². The van der Waals surface area contributed by atoms with Crippen LogP contribution in [0.4, 0.5) is 10.5 Å². The molecule has 0 spiro atoms. The fraction of sp³-hybridized carbons (Fsp3) is 0.350. The molecule has 6 heteroatoms. The molecule has 0 unspecified atom stereocenters. The second kappa shape index (κ2) is 10.3. The predicted molar refractivity (Wildman–Crippen MR) is 102 cm³/mol. The lowest BCUT2D eigenvalue weighted by Gasteiger charge is -2.13. The van der Waals surface area contributed by atoms with Gasteiger partial charge in [0.1, 0.15) is 11.5 Å². The fourth-order valence-electron chi connectivity index (χ4n) is 2.43. The Labute approximate surface area is 154 Å². The Morgan fingerprint density at radius 3 is 2.27 bits per heavy atom. The molecular formula is C20H26N2O4. The van der Waals surface area contributed by atoms with Crippen LogP contribution in [0.25, 0.3) is 0 Å². The molecule has 0 saturated heterocycles. The van der Waals surface area contributed by atoms with E-state index < -0.39 is 0 Å². The zero-order valence-electron chi connectivity index (χ0n) is 15.5. The fourth-order valence-corrected chi connectivity index (χ4v) is 2.43. The van der Waals surface area contributed by atoms with Crippen molar-refractivity contribution in [3.63, 3.8) is 0 Å². The first-order valence-corrected chi connectivity index (χ1v) is 8.58. The van der Waals surface area contributed by atoms with E-state index in [0.717, 1.165) is 24.2 Å². The molecular weight excluding hydrogens is 332 g/mol. The minimum Gasteiger partial charge on any atom is -0.497 e. The third-order valence-electron chi connectivity index (χ3n) is 3.77. The highest BCUT2D eigenvalue weighted by molar-refractivity contribution is 5.89. The Morgan fingerprint density at radius 2 is 1.65 bits per heavy atom. The van der Waals surface area contributed by atoms with Crippen LogP contribution in [0.15, 0.2) is 42.5 Å². The van der Waals surface area contributed by atoms with Crippen molar-refractivity contribution in [1.82, 2.24) is 5.32 Å². The highest BCUT2D eigenvalue weighted by Crippen LogP contribution is 2.25. The standard InChI is InChI=1S/C20H26N2O4/c1-4-9-26-14-16-8-6-5-7-15(16)13-21-20(23)22-17-10-18(24-2)12-19(11-17)25-3/h5-8,10-12H,4,9,13-14H2,1-3H3,(H2,21,22,23). The molecule has 0 radical (unpaired) electrons. The average Bonchev–Trinajstić information content (AvgIpc) is 2.67. The molecule has 2 aromatic carbocycles. The number of amides is 2. The SMILES string of the molecule is CCCOCc1ccccc1CNC(=O)Nc1cc(OC)cc(OC)c1. The third-order valence-corrected chi connectivity index (χ3v) is 3.77. The van der Waals surface area contributed by atoms with Crippen LogP contribution in [-0.2, 0) is 17.9 Å². The number of hydrogen-bond acceptors (Lipinski definition) is 4. The Morgan fingerprint density at radius 1 is 1.00 bits per heavy atom. The molecule has 0 aliphatic heterocycles. The van der Waals surface area contributed by atoms with Crippen molar-refractivity contribution >= 4 is 11.7 Å². The van der Waals surface area contributed by atoms with Crippen molar-refractivity contribution in [2.24, 2.45) is 0 Å². The van der Waals surface area contributed by atoms with Crippen LogP contribution in [0, 0.1) is 0 Å². The lowest BCUT2D eigenvalue weighted by atomic mass is 10.1. The van der Waals surface area contributed by atoms with E-state index in [1.54, 1.807) is 32.4 Å². The minimum absolute atomic E-state index is 0.301. The molecule has 2 N–H and O–H groups in total. The number of anilines is 1. The van der Waals surface area contributed by atoms with Gasteiger partial charge in [-0.15, -0.1) is 0 Å². The van der Waals surface area contributed by atoms with Crippen LogP contribution in [-0.4, -0.2) is 26.9 Å². The third kappa shape index (κ3) is 5.97. The topological polar surface area (TPSA) is 68.8 Å². The first-order valence-electron chi connectivity index (χ1n) is 8.58. The number of benzene rings is 2. The second-order valence-electron chi connectivity index (χ2n) is 5.73. The molecule has 0 aliphatic rings. The summed E-state index contributed by atoms with van der Waals surface area (Å²) in [6, 6.07) is 12.8. The van der Waals surface area contributed by atoms with E-state index in [-0.39, 0.29) is 6.03 Å². The lowest BCUT2D eigenvalue weighted by molar-refractivity contribution is 0.121. The normalized spacial score (nSPS) is 10.3. The van der Waals surface area contributed by atoms with Crippen LogP contribution in [0.2, 0.25) is 0 Å². The number of urea groups is 1. The largest absolute Gasteiger partial charge is 0.497 e. The molecule has 0 aromatic heterocycles. The molecule has 2 rings (SSSR count). The summed E-state index contributed by atoms with van der Waals surface area (Å²) in [5.74, 6) is 1.22. The number of hydrogen-bond donors (Lipinski definition) is 2. The van der Waals surface area contributed by atoms with Gasteiger partial charge in [-0.2, -0.15) is 0 Å². The Balaban J connectivity index is 1.95. The van der Waals surface area contributed by atoms with Crippen molar-refractivity contribution < 1.29 is 19.0 Å². The second-order valence-corrected chi connectivity index (χ2v) is 5.73. The number of carbonyl (C=O) groups is 1. The van der Waals surface area contributed by atoms with Crippen LogP contribution >= 0.6 is 0 Å². The van der Waals surface area contributed by atoms with Crippen molar-refractivity contribution in [1.29, 1.82) is 0 Å². The van der Waals surface area contributed by atoms with E-state index >= 15 is 0 Å². The van der Waals surface area contributed by atoms with Gasteiger partial charge in [0.25, 0.3) is 0 Å². The summed E-state index contributed by atoms with van der Waals surface area (Å²) >= 11 is 0. The molecule has 6 nitrogen and oxygen atoms in total. The molecule has 140 valence electrons. The zero-order chi connectivity index (χ0) is 18.8. The summed E-state index contributed by atoms with van der Waals surface area (Å²) < 4.78 is 16.0. The van der Waals surface area contributed by atoms with Gasteiger partial charge in [0.05, 0.1) is 20.8 Å². The highest BCUT2D eigenvalue weighted by Gasteiger charge is 2.08. The predicted octanol–water partition coefficient (Wildman–Crippen LogP) is 3.95. The number of methoxy groups -OCH3 is 2. The summed E-state index contributed by atoms with van der Waals surface area (Å²) in [5.41, 5.74) is 2.70. The number of carbonyl (C=O) groups excluding carboxylic acids is 1. The van der Waals surface area contributed by atoms with Crippen LogP contribution < -0.4 is 20.1 Å². The maximum Gasteiger partial charge on any atom is 0.319 e. The molecule has 0 aliphatic carbocycles. The first-order chi connectivity index (χ1) is 12.7. The molecule has 2 aromatic rings. The van der Waals surface area contributed by atoms with Gasteiger partial charge in [0.15, 0.2) is 0 Å². The lowest BCUT2D eigenvalue weighted by Crippen LogP contribution is -2.28. The van der Waals surface area contributed by atoms with Gasteiger partial charge in [-0.25, -0.2) is 4.79 Å². The maximum absolute atomic E-state index is 12.2. The monoisotopic (exact) mass is 358 g/mol. The van der Waals surface area contributed by atoms with E-state index in [1.165, 1.54) is 0 Å². The summed E-state index contributed by atoms with van der Waals surface area (Å²) in [6.45, 7) is 3.75. The van der Waals surface area contributed by atoms with Gasteiger partial charge in [0.2, 0.25) is 0 Å². The van der Waals surface area contributed by atoms with Crippen LogP contribution in [0.3, 0.4) is 0 Å². The first kappa shape index (κ1) is 19.6. The van der Waals surface area contributed by atoms with E-state index in [2.05, 4.69) is 17.6 Å². The van der Waals surface area contributed by atoms with Crippen LogP contribution in [0.1, 0.15) is 24.5 Å². The Hall–Kier alpha value is -2.73. The van der Waals surface area contributed by atoms with E-state index in [9.17, 15) is 4.79 Å². The molecule has 0 bridgehead atoms. The quantitative estimate of drug-likeness (QED) is 0.666. The summed E-state index contributed by atoms with van der Waals surface area (Å²) in [4.78, 5) is 12.2. The zero-order valence-corrected chi connectivity index (χ0v) is 15.5. The summed E-state index contributed by atoms with van der Waals surface area (Å²) in [5, 5.41) is 5.66. The summed E-state index contributed by atoms with van der Waals surface area (Å²) in [7, 11) is 3.13. The Kier molecular flexibility index (Phi) is 7.76. The molecule has 0 atom stereocenters. The van der Waals surface area contributed by atoms with Gasteiger partial charge < -0.3 is 24.8 Å². The van der Waals surface area contributed by atoms with Gasteiger partial charge in [-0.05, 0) is 17.5 Å². The average molecular weight is 358 g/mol. The maximum atomic E-state index is 12.2. The molecule has 2 amide bonds. The van der Waals surface area contributed by atoms with Crippen molar-refractivity contribution in [2.45, 2.75) is 26.5 Å².